The molecule has 7 heteroatoms. The second-order valence-corrected chi connectivity index (χ2v) is 9.34. The Kier molecular flexibility index (Phi) is 5.78. The summed E-state index contributed by atoms with van der Waals surface area (Å²) >= 11 is 6.83. The van der Waals surface area contributed by atoms with E-state index in [1.807, 2.05) is 54.6 Å². The molecule has 0 spiro atoms. The number of thiocarbonyl (C=S) groups is 1. The van der Waals surface area contributed by atoms with Crippen molar-refractivity contribution >= 4 is 51.2 Å². The van der Waals surface area contributed by atoms with E-state index in [-0.39, 0.29) is 5.91 Å². The van der Waals surface area contributed by atoms with Gasteiger partial charge in [-0.15, -0.1) is 0 Å². The third-order valence-electron chi connectivity index (χ3n) is 5.48. The summed E-state index contributed by atoms with van der Waals surface area (Å²) < 4.78 is 2.72. The van der Waals surface area contributed by atoms with Crippen molar-refractivity contribution in [1.29, 1.82) is 5.26 Å². The number of para-hydroxylation sites is 1. The molecule has 1 aliphatic heterocycles. The Morgan fingerprint density at radius 3 is 2.61 bits per heavy atom. The molecule has 1 aliphatic rings. The van der Waals surface area contributed by atoms with E-state index in [2.05, 4.69) is 33.9 Å². The average Bonchev–Trinajstić information content (AvgIpc) is 3.32. The second kappa shape index (κ2) is 9.02. The van der Waals surface area contributed by atoms with Crippen LogP contribution in [0, 0.1) is 11.3 Å². The van der Waals surface area contributed by atoms with Gasteiger partial charge in [0.25, 0.3) is 5.91 Å². The van der Waals surface area contributed by atoms with Crippen molar-refractivity contribution in [2.75, 3.05) is 0 Å². The van der Waals surface area contributed by atoms with Crippen LogP contribution in [0.3, 0.4) is 0 Å². The van der Waals surface area contributed by atoms with Gasteiger partial charge in [-0.25, -0.2) is 0 Å². The van der Waals surface area contributed by atoms with Crippen LogP contribution >= 0.6 is 24.0 Å². The maximum absolute atomic E-state index is 13.1. The standard InChI is InChI=1S/C26H18N4OS2/c27-13-18-7-9-19(10-8-18)15-29-17-21(22-5-1-2-6-23(22)29)12-24-25(31)30(26(32)33-24)16-20-4-3-11-28-14-20/h1-12,14,17H,15-16H2/b24-12-. The molecule has 3 heterocycles. The maximum Gasteiger partial charge on any atom is 0.266 e. The fraction of sp³-hybridized carbons (Fsp3) is 0.0769. The smallest absolute Gasteiger partial charge is 0.266 e. The van der Waals surface area contributed by atoms with Gasteiger partial charge < -0.3 is 4.57 Å². The zero-order valence-corrected chi connectivity index (χ0v) is 19.1. The summed E-state index contributed by atoms with van der Waals surface area (Å²) in [5.74, 6) is -0.0854. The van der Waals surface area contributed by atoms with Gasteiger partial charge in [-0.2, -0.15) is 5.26 Å². The Morgan fingerprint density at radius 1 is 1.03 bits per heavy atom. The molecule has 1 fully saturated rings. The van der Waals surface area contributed by atoms with Crippen LogP contribution in [0.4, 0.5) is 0 Å². The number of nitrogens with zero attached hydrogens (tertiary/aromatic N) is 4. The van der Waals surface area contributed by atoms with E-state index in [9.17, 15) is 4.79 Å². The van der Waals surface area contributed by atoms with Crippen molar-refractivity contribution in [3.05, 3.63) is 106 Å². The monoisotopic (exact) mass is 466 g/mol. The summed E-state index contributed by atoms with van der Waals surface area (Å²) in [5, 5.41) is 10.1. The molecule has 0 bridgehead atoms. The zero-order chi connectivity index (χ0) is 22.8. The number of hydrogen-bond donors (Lipinski definition) is 0. The van der Waals surface area contributed by atoms with Crippen molar-refractivity contribution in [3.63, 3.8) is 0 Å². The Morgan fingerprint density at radius 2 is 1.85 bits per heavy atom. The van der Waals surface area contributed by atoms with E-state index < -0.39 is 0 Å². The Hall–Kier alpha value is -3.73. The molecule has 2 aromatic heterocycles. The van der Waals surface area contributed by atoms with Crippen LogP contribution in [-0.4, -0.2) is 24.7 Å². The number of benzene rings is 2. The summed E-state index contributed by atoms with van der Waals surface area (Å²) in [6.45, 7) is 1.08. The lowest BCUT2D eigenvalue weighted by atomic mass is 10.1. The second-order valence-electron chi connectivity index (χ2n) is 7.67. The molecule has 4 aromatic rings. The molecule has 0 aliphatic carbocycles. The van der Waals surface area contributed by atoms with E-state index >= 15 is 0 Å². The minimum Gasteiger partial charge on any atom is -0.342 e. The van der Waals surface area contributed by atoms with E-state index in [4.69, 9.17) is 17.5 Å². The van der Waals surface area contributed by atoms with E-state index in [0.29, 0.717) is 27.9 Å². The lowest BCUT2D eigenvalue weighted by Gasteiger charge is -2.13. The number of fused-ring (bicyclic) bond motifs is 1. The van der Waals surface area contributed by atoms with Gasteiger partial charge in [0, 0.05) is 41.6 Å². The molecular weight excluding hydrogens is 448 g/mol. The maximum atomic E-state index is 13.1. The quantitative estimate of drug-likeness (QED) is 0.293. The highest BCUT2D eigenvalue weighted by molar-refractivity contribution is 8.26. The summed E-state index contributed by atoms with van der Waals surface area (Å²) in [5.41, 5.74) is 4.74. The zero-order valence-electron chi connectivity index (χ0n) is 17.5. The van der Waals surface area contributed by atoms with Crippen molar-refractivity contribution in [2.24, 2.45) is 0 Å². The minimum absolute atomic E-state index is 0.0854. The normalized spacial score (nSPS) is 14.9. The molecule has 5 rings (SSSR count). The van der Waals surface area contributed by atoms with Crippen LogP contribution in [0.2, 0.25) is 0 Å². The number of pyridine rings is 1. The van der Waals surface area contributed by atoms with Gasteiger partial charge in [0.2, 0.25) is 0 Å². The molecule has 0 radical (unpaired) electrons. The molecule has 2 aromatic carbocycles. The van der Waals surface area contributed by atoms with Crippen LogP contribution < -0.4 is 0 Å². The molecule has 160 valence electrons. The number of amides is 1. The van der Waals surface area contributed by atoms with Crippen LogP contribution in [0.15, 0.2) is 84.2 Å². The Labute approximate surface area is 201 Å². The van der Waals surface area contributed by atoms with Crippen molar-refractivity contribution in [1.82, 2.24) is 14.5 Å². The summed E-state index contributed by atoms with van der Waals surface area (Å²) in [6, 6.07) is 21.7. The van der Waals surface area contributed by atoms with Crippen LogP contribution in [0.5, 0.6) is 0 Å². The molecule has 33 heavy (non-hydrogen) atoms. The first-order valence-electron chi connectivity index (χ1n) is 10.3. The number of thioether (sulfide) groups is 1. The molecule has 5 nitrogen and oxygen atoms in total. The third kappa shape index (κ3) is 4.31. The largest absolute Gasteiger partial charge is 0.342 e. The van der Waals surface area contributed by atoms with E-state index in [1.165, 1.54) is 11.8 Å². The lowest BCUT2D eigenvalue weighted by molar-refractivity contribution is -0.122. The highest BCUT2D eigenvalue weighted by atomic mass is 32.2. The molecule has 1 saturated heterocycles. The van der Waals surface area contributed by atoms with Crippen LogP contribution in [0.1, 0.15) is 22.3 Å². The molecular formula is C26H18N4OS2. The fourth-order valence-corrected chi connectivity index (χ4v) is 5.10. The van der Waals surface area contributed by atoms with Crippen LogP contribution in [-0.2, 0) is 17.9 Å². The fourth-order valence-electron chi connectivity index (χ4n) is 3.85. The molecule has 1 amide bonds. The first kappa shape index (κ1) is 21.1. The predicted molar refractivity (Wildman–Crippen MR) is 135 cm³/mol. The van der Waals surface area contributed by atoms with Gasteiger partial charge in [-0.1, -0.05) is 60.4 Å². The average molecular weight is 467 g/mol. The highest BCUT2D eigenvalue weighted by Gasteiger charge is 2.32. The number of rotatable bonds is 5. The molecule has 0 unspecified atom stereocenters. The first-order chi connectivity index (χ1) is 16.1. The van der Waals surface area contributed by atoms with Crippen LogP contribution in [0.25, 0.3) is 17.0 Å². The highest BCUT2D eigenvalue weighted by Crippen LogP contribution is 2.35. The number of carbonyl (C=O) groups is 1. The van der Waals surface area contributed by atoms with E-state index in [1.54, 1.807) is 17.3 Å². The first-order valence-corrected chi connectivity index (χ1v) is 11.6. The number of nitriles is 1. The van der Waals surface area contributed by atoms with Gasteiger partial charge in [0.1, 0.15) is 4.32 Å². The number of aromatic nitrogens is 2. The van der Waals surface area contributed by atoms with E-state index in [0.717, 1.165) is 27.6 Å². The third-order valence-corrected chi connectivity index (χ3v) is 6.86. The summed E-state index contributed by atoms with van der Waals surface area (Å²) in [6.07, 6.45) is 7.46. The Bertz CT molecular complexity index is 1430. The van der Waals surface area contributed by atoms with Gasteiger partial charge in [-0.3, -0.25) is 14.7 Å². The SMILES string of the molecule is N#Cc1ccc(Cn2cc(/C=C3\SC(=S)N(Cc4cccnc4)C3=O)c3ccccc32)cc1. The molecule has 0 saturated carbocycles. The van der Waals surface area contributed by atoms with Crippen molar-refractivity contribution in [3.8, 4) is 6.07 Å². The minimum atomic E-state index is -0.0854. The van der Waals surface area contributed by atoms with Gasteiger partial charge in [-0.05, 0) is 41.5 Å². The molecule has 0 atom stereocenters. The van der Waals surface area contributed by atoms with Gasteiger partial charge in [0.05, 0.1) is 23.1 Å². The van der Waals surface area contributed by atoms with Gasteiger partial charge >= 0.3 is 0 Å². The predicted octanol–water partition coefficient (Wildman–Crippen LogP) is 5.36. The Balaban J connectivity index is 1.45. The number of carbonyl (C=O) groups excluding carboxylic acids is 1. The summed E-state index contributed by atoms with van der Waals surface area (Å²) in [7, 11) is 0. The number of hydrogen-bond acceptors (Lipinski definition) is 5. The summed E-state index contributed by atoms with van der Waals surface area (Å²) in [4.78, 5) is 19.5. The van der Waals surface area contributed by atoms with Gasteiger partial charge in [0.15, 0.2) is 0 Å². The lowest BCUT2D eigenvalue weighted by Crippen LogP contribution is -2.27. The van der Waals surface area contributed by atoms with Crippen molar-refractivity contribution in [2.45, 2.75) is 13.1 Å². The van der Waals surface area contributed by atoms with Crippen molar-refractivity contribution < 1.29 is 4.79 Å². The topological polar surface area (TPSA) is 61.9 Å². The molecule has 0 N–H and O–H groups in total.